The molecule has 13 heavy (non-hydrogen) atoms. The highest BCUT2D eigenvalue weighted by Gasteiger charge is 2.11. The molecule has 72 valence electrons. The van der Waals surface area contributed by atoms with Gasteiger partial charge in [-0.15, -0.1) is 0 Å². The maximum absolute atomic E-state index is 5.41. The first-order valence-corrected chi connectivity index (χ1v) is 4.51. The van der Waals surface area contributed by atoms with E-state index in [1.54, 1.807) is 6.26 Å². The summed E-state index contributed by atoms with van der Waals surface area (Å²) in [5.41, 5.74) is 2.48. The summed E-state index contributed by atoms with van der Waals surface area (Å²) in [6.45, 7) is 6.23. The number of allylic oxidation sites excluding steroid dienone is 1. The maximum Gasteiger partial charge on any atom is 0.127 e. The van der Waals surface area contributed by atoms with Gasteiger partial charge in [0.25, 0.3) is 0 Å². The van der Waals surface area contributed by atoms with Crippen molar-refractivity contribution in [3.63, 3.8) is 0 Å². The molecule has 2 nitrogen and oxygen atoms in total. The molecule has 0 radical (unpaired) electrons. The summed E-state index contributed by atoms with van der Waals surface area (Å²) in [7, 11) is 1.94. The zero-order chi connectivity index (χ0) is 9.84. The predicted molar refractivity (Wildman–Crippen MR) is 54.7 cm³/mol. The molecule has 0 fully saturated rings. The Balaban J connectivity index is 2.91. The molecule has 0 amide bonds. The lowest BCUT2D eigenvalue weighted by Gasteiger charge is -2.10. The maximum atomic E-state index is 5.41. The van der Waals surface area contributed by atoms with Gasteiger partial charge in [0.05, 0.1) is 12.3 Å². The highest BCUT2D eigenvalue weighted by Crippen LogP contribution is 2.20. The average molecular weight is 179 g/mol. The molecule has 0 aliphatic rings. The number of likely N-dealkylation sites (N-methyl/N-ethyl adjacent to an activating group) is 1. The average Bonchev–Trinajstić information content (AvgIpc) is 2.47. The van der Waals surface area contributed by atoms with E-state index in [0.717, 1.165) is 5.76 Å². The van der Waals surface area contributed by atoms with Crippen LogP contribution in [0.5, 0.6) is 0 Å². The van der Waals surface area contributed by atoms with Crippen LogP contribution >= 0.6 is 0 Å². The van der Waals surface area contributed by atoms with Crippen molar-refractivity contribution in [2.24, 2.45) is 0 Å². The zero-order valence-corrected chi connectivity index (χ0v) is 8.72. The fourth-order valence-electron chi connectivity index (χ4n) is 1.33. The minimum absolute atomic E-state index is 0.194. The van der Waals surface area contributed by atoms with Crippen molar-refractivity contribution in [2.45, 2.75) is 26.8 Å². The third kappa shape index (κ3) is 2.46. The van der Waals surface area contributed by atoms with E-state index < -0.39 is 0 Å². The second-order valence-electron chi connectivity index (χ2n) is 3.48. The van der Waals surface area contributed by atoms with Gasteiger partial charge in [0.1, 0.15) is 5.76 Å². The number of aryl methyl sites for hydroxylation is 1. The summed E-state index contributed by atoms with van der Waals surface area (Å²) in [6, 6.07) is 2.18. The van der Waals surface area contributed by atoms with Gasteiger partial charge in [-0.25, -0.2) is 0 Å². The van der Waals surface area contributed by atoms with Crippen LogP contribution in [0, 0.1) is 6.92 Å². The number of hydrogen-bond acceptors (Lipinski definition) is 2. The minimum Gasteiger partial charge on any atom is -0.467 e. The molecular formula is C11H17NO. The van der Waals surface area contributed by atoms with E-state index in [4.69, 9.17) is 4.42 Å². The van der Waals surface area contributed by atoms with Crippen LogP contribution in [-0.2, 0) is 0 Å². The van der Waals surface area contributed by atoms with Gasteiger partial charge in [-0.2, -0.15) is 0 Å². The summed E-state index contributed by atoms with van der Waals surface area (Å²) in [6.07, 6.45) is 3.89. The molecule has 1 aromatic heterocycles. The molecule has 1 atom stereocenters. The smallest absolute Gasteiger partial charge is 0.127 e. The van der Waals surface area contributed by atoms with E-state index in [1.807, 2.05) is 13.1 Å². The fraction of sp³-hybridized carbons (Fsp3) is 0.455. The first kappa shape index (κ1) is 10.1. The van der Waals surface area contributed by atoms with E-state index in [-0.39, 0.29) is 6.04 Å². The van der Waals surface area contributed by atoms with Crippen LogP contribution in [0.3, 0.4) is 0 Å². The van der Waals surface area contributed by atoms with Crippen molar-refractivity contribution in [2.75, 3.05) is 7.05 Å². The molecule has 1 N–H and O–H groups in total. The summed E-state index contributed by atoms with van der Waals surface area (Å²) < 4.78 is 5.41. The molecule has 0 saturated carbocycles. The minimum atomic E-state index is 0.194. The molecule has 0 bridgehead atoms. The van der Waals surface area contributed by atoms with Crippen LogP contribution in [0.1, 0.15) is 31.2 Å². The Morgan fingerprint density at radius 1 is 1.54 bits per heavy atom. The zero-order valence-electron chi connectivity index (χ0n) is 8.72. The Morgan fingerprint density at radius 2 is 2.23 bits per heavy atom. The Morgan fingerprint density at radius 3 is 2.62 bits per heavy atom. The summed E-state index contributed by atoms with van der Waals surface area (Å²) in [5.74, 6) is 1.00. The second-order valence-corrected chi connectivity index (χ2v) is 3.48. The molecule has 1 unspecified atom stereocenters. The van der Waals surface area contributed by atoms with Gasteiger partial charge in [-0.05, 0) is 39.4 Å². The van der Waals surface area contributed by atoms with Crippen LogP contribution in [0.4, 0.5) is 0 Å². The largest absolute Gasteiger partial charge is 0.467 e. The normalized spacial score (nSPS) is 12.6. The molecule has 0 saturated heterocycles. The standard InChI is InChI=1S/C11H17NO/c1-8(2)7-10(12-4)11-9(3)5-6-13-11/h5-7,10,12H,1-4H3. The van der Waals surface area contributed by atoms with Crippen molar-refractivity contribution in [1.82, 2.24) is 5.32 Å². The SMILES string of the molecule is CNC(C=C(C)C)c1occc1C. The first-order valence-electron chi connectivity index (χ1n) is 4.51. The Hall–Kier alpha value is -1.02. The van der Waals surface area contributed by atoms with Crippen molar-refractivity contribution in [3.8, 4) is 0 Å². The third-order valence-electron chi connectivity index (χ3n) is 2.00. The molecule has 0 aromatic carbocycles. The van der Waals surface area contributed by atoms with Crippen LogP contribution in [0.2, 0.25) is 0 Å². The summed E-state index contributed by atoms with van der Waals surface area (Å²) in [4.78, 5) is 0. The Kier molecular flexibility index (Phi) is 3.32. The van der Waals surface area contributed by atoms with Crippen LogP contribution < -0.4 is 5.32 Å². The highest BCUT2D eigenvalue weighted by atomic mass is 16.3. The van der Waals surface area contributed by atoms with Crippen molar-refractivity contribution in [1.29, 1.82) is 0 Å². The molecule has 0 spiro atoms. The van der Waals surface area contributed by atoms with Gasteiger partial charge in [-0.1, -0.05) is 11.6 Å². The van der Waals surface area contributed by atoms with E-state index in [9.17, 15) is 0 Å². The van der Waals surface area contributed by atoms with Crippen LogP contribution in [-0.4, -0.2) is 7.05 Å². The third-order valence-corrected chi connectivity index (χ3v) is 2.00. The lowest BCUT2D eigenvalue weighted by Crippen LogP contribution is -2.14. The van der Waals surface area contributed by atoms with Gasteiger partial charge in [0.2, 0.25) is 0 Å². The number of furan rings is 1. The van der Waals surface area contributed by atoms with E-state index in [1.165, 1.54) is 11.1 Å². The van der Waals surface area contributed by atoms with Crippen molar-refractivity contribution >= 4 is 0 Å². The highest BCUT2D eigenvalue weighted by molar-refractivity contribution is 5.22. The number of nitrogens with one attached hydrogen (secondary N) is 1. The molecule has 0 aliphatic heterocycles. The predicted octanol–water partition coefficient (Wildman–Crippen LogP) is 2.81. The van der Waals surface area contributed by atoms with Crippen molar-refractivity contribution in [3.05, 3.63) is 35.3 Å². The van der Waals surface area contributed by atoms with Gasteiger partial charge < -0.3 is 9.73 Å². The van der Waals surface area contributed by atoms with Gasteiger partial charge in [0.15, 0.2) is 0 Å². The van der Waals surface area contributed by atoms with E-state index in [2.05, 4.69) is 32.2 Å². The number of rotatable bonds is 3. The topological polar surface area (TPSA) is 25.2 Å². The van der Waals surface area contributed by atoms with Gasteiger partial charge in [0, 0.05) is 0 Å². The fourth-order valence-corrected chi connectivity index (χ4v) is 1.33. The Labute approximate surface area is 79.6 Å². The monoisotopic (exact) mass is 179 g/mol. The van der Waals surface area contributed by atoms with E-state index in [0.29, 0.717) is 0 Å². The van der Waals surface area contributed by atoms with Crippen LogP contribution in [0.25, 0.3) is 0 Å². The Bertz CT molecular complexity index is 295. The summed E-state index contributed by atoms with van der Waals surface area (Å²) in [5, 5.41) is 3.21. The molecule has 0 aliphatic carbocycles. The van der Waals surface area contributed by atoms with Gasteiger partial charge >= 0.3 is 0 Å². The number of hydrogen-bond donors (Lipinski definition) is 1. The van der Waals surface area contributed by atoms with Crippen molar-refractivity contribution < 1.29 is 4.42 Å². The molecule has 1 rings (SSSR count). The second kappa shape index (κ2) is 4.28. The lowest BCUT2D eigenvalue weighted by atomic mass is 10.1. The molecule has 1 heterocycles. The molecule has 1 aromatic rings. The van der Waals surface area contributed by atoms with Gasteiger partial charge in [-0.3, -0.25) is 0 Å². The first-order chi connectivity index (χ1) is 6.15. The summed E-state index contributed by atoms with van der Waals surface area (Å²) >= 11 is 0. The molecule has 2 heteroatoms. The van der Waals surface area contributed by atoms with E-state index >= 15 is 0 Å². The lowest BCUT2D eigenvalue weighted by molar-refractivity contribution is 0.465. The van der Waals surface area contributed by atoms with Crippen LogP contribution in [0.15, 0.2) is 28.4 Å². The molecular weight excluding hydrogens is 162 g/mol. The quantitative estimate of drug-likeness (QED) is 0.722.